The zero-order valence-corrected chi connectivity index (χ0v) is 15.1. The fourth-order valence-corrected chi connectivity index (χ4v) is 5.70. The van der Waals surface area contributed by atoms with E-state index in [2.05, 4.69) is 5.10 Å². The number of fused-ring (bicyclic) bond motifs is 2. The first kappa shape index (κ1) is 16.6. The molecule has 0 radical (unpaired) electrons. The normalized spacial score (nSPS) is 31.8. The fourth-order valence-electron chi connectivity index (χ4n) is 4.25. The van der Waals surface area contributed by atoms with E-state index in [0.717, 1.165) is 12.2 Å². The summed E-state index contributed by atoms with van der Waals surface area (Å²) in [6, 6.07) is -0.294. The van der Waals surface area contributed by atoms with Gasteiger partial charge in [-0.25, -0.2) is 4.57 Å². The number of thioether (sulfide) groups is 1. The van der Waals surface area contributed by atoms with Crippen molar-refractivity contribution in [3.8, 4) is 0 Å². The van der Waals surface area contributed by atoms with Crippen LogP contribution in [-0.2, 0) is 29.6 Å². The lowest BCUT2D eigenvalue weighted by atomic mass is 9.79. The van der Waals surface area contributed by atoms with Crippen LogP contribution < -0.4 is 9.67 Å². The molecule has 1 saturated heterocycles. The van der Waals surface area contributed by atoms with Crippen LogP contribution in [0.25, 0.3) is 0 Å². The summed E-state index contributed by atoms with van der Waals surface area (Å²) in [5.74, 6) is -1.22. The van der Waals surface area contributed by atoms with Crippen molar-refractivity contribution in [2.75, 3.05) is 0 Å². The van der Waals surface area contributed by atoms with Crippen molar-refractivity contribution in [3.05, 3.63) is 22.8 Å². The van der Waals surface area contributed by atoms with Crippen LogP contribution in [0.2, 0.25) is 0 Å². The number of rotatable bonds is 4. The molecule has 8 nitrogen and oxygen atoms in total. The molecular formula is C16H20N4O4S. The smallest absolute Gasteiger partial charge is 0.265 e. The number of aromatic nitrogens is 3. The van der Waals surface area contributed by atoms with Crippen LogP contribution in [0.3, 0.4) is 0 Å². The predicted octanol–water partition coefficient (Wildman–Crippen LogP) is -1.82. The molecule has 0 saturated carbocycles. The topological polar surface area (TPSA) is 102 Å². The van der Waals surface area contributed by atoms with Gasteiger partial charge in [0.2, 0.25) is 11.7 Å². The molecule has 5 atom stereocenters. The van der Waals surface area contributed by atoms with E-state index < -0.39 is 18.0 Å². The second kappa shape index (κ2) is 5.57. The summed E-state index contributed by atoms with van der Waals surface area (Å²) >= 11 is 1.50. The lowest BCUT2D eigenvalue weighted by Gasteiger charge is -2.47. The van der Waals surface area contributed by atoms with Crippen LogP contribution >= 0.6 is 11.8 Å². The summed E-state index contributed by atoms with van der Waals surface area (Å²) in [6.07, 6.45) is 1.76. The van der Waals surface area contributed by atoms with Crippen molar-refractivity contribution in [1.29, 1.82) is 0 Å². The number of carboxylic acid groups (broad SMARTS) is 1. The molecule has 0 bridgehead atoms. The Morgan fingerprint density at radius 3 is 2.88 bits per heavy atom. The van der Waals surface area contributed by atoms with Gasteiger partial charge >= 0.3 is 0 Å². The molecule has 3 aliphatic rings. The highest BCUT2D eigenvalue weighted by Crippen LogP contribution is 2.51. The third-order valence-electron chi connectivity index (χ3n) is 5.45. The highest BCUT2D eigenvalue weighted by atomic mass is 32.2. The average molecular weight is 364 g/mol. The van der Waals surface area contributed by atoms with E-state index in [0.29, 0.717) is 11.4 Å². The summed E-state index contributed by atoms with van der Waals surface area (Å²) in [7, 11) is 1.94. The first-order valence-corrected chi connectivity index (χ1v) is 9.22. The number of carbonyl (C=O) groups excluding carboxylic acids is 2. The molecule has 0 spiro atoms. The lowest BCUT2D eigenvalue weighted by Crippen LogP contribution is -2.64. The van der Waals surface area contributed by atoms with Gasteiger partial charge in [-0.3, -0.25) is 4.79 Å². The Morgan fingerprint density at radius 1 is 1.56 bits per heavy atom. The molecule has 25 heavy (non-hydrogen) atoms. The summed E-state index contributed by atoms with van der Waals surface area (Å²) < 4.78 is 3.89. The highest BCUT2D eigenvalue weighted by molar-refractivity contribution is 8.03. The second-order valence-electron chi connectivity index (χ2n) is 7.04. The largest absolute Gasteiger partial charge is 0.543 e. The molecule has 0 unspecified atom stereocenters. The van der Waals surface area contributed by atoms with Crippen molar-refractivity contribution in [2.45, 2.75) is 44.2 Å². The van der Waals surface area contributed by atoms with Gasteiger partial charge in [0, 0.05) is 15.9 Å². The number of carbonyl (C=O) groups is 2. The van der Waals surface area contributed by atoms with Crippen molar-refractivity contribution < 1.29 is 24.4 Å². The van der Waals surface area contributed by atoms with E-state index in [1.54, 1.807) is 13.3 Å². The number of aryl methyl sites for hydroxylation is 1. The lowest BCUT2D eigenvalue weighted by molar-refractivity contribution is -0.679. The minimum atomic E-state index is -1.32. The van der Waals surface area contributed by atoms with Crippen LogP contribution in [0.1, 0.15) is 19.7 Å². The third-order valence-corrected chi connectivity index (χ3v) is 6.92. The summed E-state index contributed by atoms with van der Waals surface area (Å²) in [4.78, 5) is 26.0. The number of aliphatic hydroxyl groups is 1. The first-order chi connectivity index (χ1) is 11.8. The Balaban J connectivity index is 1.60. The van der Waals surface area contributed by atoms with Gasteiger partial charge in [0.1, 0.15) is 6.54 Å². The maximum absolute atomic E-state index is 12.3. The number of hydrogen-bond acceptors (Lipinski definition) is 6. The van der Waals surface area contributed by atoms with Crippen LogP contribution in [0, 0.1) is 11.8 Å². The van der Waals surface area contributed by atoms with Crippen LogP contribution in [0.5, 0.6) is 0 Å². The van der Waals surface area contributed by atoms with Gasteiger partial charge in [0.15, 0.2) is 0 Å². The minimum Gasteiger partial charge on any atom is -0.543 e. The molecule has 1 aromatic rings. The molecule has 0 aromatic carbocycles. The van der Waals surface area contributed by atoms with E-state index in [1.165, 1.54) is 16.7 Å². The van der Waals surface area contributed by atoms with Crippen LogP contribution in [0.15, 0.2) is 16.9 Å². The quantitative estimate of drug-likeness (QED) is 0.499. The average Bonchev–Trinajstić information content (AvgIpc) is 3.14. The van der Waals surface area contributed by atoms with Gasteiger partial charge in [0.25, 0.3) is 6.33 Å². The number of aliphatic carboxylic acids is 1. The molecule has 1 aromatic heterocycles. The van der Waals surface area contributed by atoms with Crippen molar-refractivity contribution >= 4 is 23.6 Å². The van der Waals surface area contributed by atoms with E-state index >= 15 is 0 Å². The summed E-state index contributed by atoms with van der Waals surface area (Å²) in [6.45, 7) is 4.20. The molecule has 9 heteroatoms. The zero-order chi connectivity index (χ0) is 18.0. The summed E-state index contributed by atoms with van der Waals surface area (Å²) in [5.41, 5.74) is -0.0154. The monoisotopic (exact) mass is 364 g/mol. The number of amides is 1. The molecule has 4 rings (SSSR count). The Morgan fingerprint density at radius 2 is 2.28 bits per heavy atom. The maximum Gasteiger partial charge on any atom is 0.265 e. The van der Waals surface area contributed by atoms with Gasteiger partial charge in [-0.1, -0.05) is 6.92 Å². The number of hydrogen-bond donors (Lipinski definition) is 1. The first-order valence-electron chi connectivity index (χ1n) is 8.34. The Hall–Kier alpha value is -1.87. The second-order valence-corrected chi connectivity index (χ2v) is 8.38. The van der Waals surface area contributed by atoms with Gasteiger partial charge in [-0.2, -0.15) is 0 Å². The highest BCUT2D eigenvalue weighted by Gasteiger charge is 2.59. The van der Waals surface area contributed by atoms with Gasteiger partial charge in [-0.05, 0) is 6.92 Å². The fraction of sp³-hybridized carbons (Fsp3) is 0.625. The molecule has 1 amide bonds. The number of nitrogens with zero attached hydrogens (tertiary/aromatic N) is 4. The predicted molar refractivity (Wildman–Crippen MR) is 85.5 cm³/mol. The Labute approximate surface area is 149 Å². The van der Waals surface area contributed by atoms with Crippen molar-refractivity contribution in [3.63, 3.8) is 0 Å². The van der Waals surface area contributed by atoms with Crippen LogP contribution in [-0.4, -0.2) is 49.1 Å². The zero-order valence-electron chi connectivity index (χ0n) is 14.2. The number of carboxylic acids is 1. The molecule has 1 fully saturated rings. The SMILES string of the molecule is C[C@@H](O)[C@H]1C(=O)N2C(C(=O)[O-])=C(S[C@@H]3Cc4n(nc[n+]4C)C3)[C@H](C)[C@H]12. The Kier molecular flexibility index (Phi) is 3.69. The summed E-state index contributed by atoms with van der Waals surface area (Å²) in [5, 5.41) is 26.1. The van der Waals surface area contributed by atoms with Crippen molar-refractivity contribution in [1.82, 2.24) is 14.7 Å². The minimum absolute atomic E-state index is 0.0154. The van der Waals surface area contributed by atoms with Crippen molar-refractivity contribution in [2.24, 2.45) is 18.9 Å². The van der Waals surface area contributed by atoms with E-state index in [1.807, 2.05) is 23.2 Å². The van der Waals surface area contributed by atoms with E-state index in [9.17, 15) is 19.8 Å². The van der Waals surface area contributed by atoms with Crippen LogP contribution in [0.4, 0.5) is 0 Å². The Bertz CT molecular complexity index is 802. The molecule has 0 aliphatic carbocycles. The molecule has 134 valence electrons. The molecule has 4 heterocycles. The number of β-lactam (4-membered cyclic amide) rings is 1. The number of aliphatic hydroxyl groups excluding tert-OH is 1. The van der Waals surface area contributed by atoms with E-state index in [-0.39, 0.29) is 28.8 Å². The van der Waals surface area contributed by atoms with Gasteiger partial charge in [-0.15, -0.1) is 16.4 Å². The standard InChI is InChI=1S/C16H20N4O4S/c1-7-12-11(8(2)21)15(22)20(12)13(16(23)24)14(7)25-9-4-10-18(3)6-17-19(10)5-9/h6-9,11-12,21H,4-5H2,1-3H3/t7-,8-,9-,11-,12-/m1/s1. The molecular weight excluding hydrogens is 344 g/mol. The van der Waals surface area contributed by atoms with Gasteiger partial charge in [0.05, 0.1) is 48.4 Å². The van der Waals surface area contributed by atoms with Gasteiger partial charge < -0.3 is 19.9 Å². The third kappa shape index (κ3) is 2.25. The molecule has 1 N–H and O–H groups in total. The van der Waals surface area contributed by atoms with E-state index in [4.69, 9.17) is 0 Å². The maximum atomic E-state index is 12.3. The molecule has 3 aliphatic heterocycles.